The summed E-state index contributed by atoms with van der Waals surface area (Å²) in [6.07, 6.45) is 6.07. The summed E-state index contributed by atoms with van der Waals surface area (Å²) in [6.45, 7) is 4.39. The van der Waals surface area contributed by atoms with E-state index in [0.29, 0.717) is 12.5 Å². The fourth-order valence-electron chi connectivity index (χ4n) is 4.70. The highest BCUT2D eigenvalue weighted by atomic mass is 16.2. The number of rotatable bonds is 5. The number of fused-ring (bicyclic) bond motifs is 1. The highest BCUT2D eigenvalue weighted by Gasteiger charge is 2.52. The fraction of sp³-hybridized carbons (Fsp3) is 0.500. The van der Waals surface area contributed by atoms with Crippen LogP contribution in [0.15, 0.2) is 30.5 Å². The topological polar surface area (TPSA) is 71.4 Å². The maximum absolute atomic E-state index is 12.7. The lowest BCUT2D eigenvalue weighted by Gasteiger charge is -2.20. The summed E-state index contributed by atoms with van der Waals surface area (Å²) >= 11 is 0. The number of benzene rings is 1. The Balaban J connectivity index is 1.42. The van der Waals surface area contributed by atoms with E-state index in [1.165, 1.54) is 4.90 Å². The number of carbonyl (C=O) groups is 3. The van der Waals surface area contributed by atoms with Crippen LogP contribution in [0.2, 0.25) is 0 Å². The van der Waals surface area contributed by atoms with Gasteiger partial charge in [0.1, 0.15) is 0 Å². The number of amides is 3. The minimum absolute atomic E-state index is 0.0705. The third-order valence-electron chi connectivity index (χ3n) is 6.21. The van der Waals surface area contributed by atoms with E-state index >= 15 is 0 Å². The van der Waals surface area contributed by atoms with Gasteiger partial charge >= 0.3 is 0 Å². The van der Waals surface area contributed by atoms with Gasteiger partial charge in [-0.2, -0.15) is 0 Å². The molecular formula is C22H27N3O3. The summed E-state index contributed by atoms with van der Waals surface area (Å²) in [7, 11) is 0. The third kappa shape index (κ3) is 3.11. The zero-order valence-electron chi connectivity index (χ0n) is 16.5. The average Bonchev–Trinajstić information content (AvgIpc) is 3.34. The predicted octanol–water partition coefficient (Wildman–Crippen LogP) is 3.87. The van der Waals surface area contributed by atoms with E-state index in [9.17, 15) is 14.4 Å². The Morgan fingerprint density at radius 3 is 2.64 bits per heavy atom. The molecule has 2 aliphatic rings. The molecule has 1 aromatic carbocycles. The van der Waals surface area contributed by atoms with Crippen LogP contribution in [-0.4, -0.2) is 33.7 Å². The van der Waals surface area contributed by atoms with Gasteiger partial charge in [0, 0.05) is 37.0 Å². The van der Waals surface area contributed by atoms with E-state index in [2.05, 4.69) is 23.7 Å². The number of imide groups is 1. The molecule has 1 N–H and O–H groups in total. The molecule has 2 heterocycles. The molecule has 3 amide bonds. The first kappa shape index (κ1) is 18.7. The van der Waals surface area contributed by atoms with Crippen LogP contribution in [0.1, 0.15) is 58.4 Å². The molecule has 6 nitrogen and oxygen atoms in total. The second-order valence-electron chi connectivity index (χ2n) is 8.37. The number of nitrogens with one attached hydrogen (secondary N) is 1. The molecule has 4 rings (SSSR count). The molecule has 0 unspecified atom stereocenters. The molecule has 0 bridgehead atoms. The Kier molecular flexibility index (Phi) is 4.73. The molecule has 1 aromatic heterocycles. The molecule has 1 saturated heterocycles. The zero-order chi connectivity index (χ0) is 19.9. The molecule has 2 aromatic rings. The lowest BCUT2D eigenvalue weighted by Crippen LogP contribution is -2.36. The van der Waals surface area contributed by atoms with Gasteiger partial charge in [0.05, 0.1) is 16.6 Å². The van der Waals surface area contributed by atoms with E-state index in [1.54, 1.807) is 0 Å². The van der Waals surface area contributed by atoms with Crippen LogP contribution < -0.4 is 5.32 Å². The second-order valence-corrected chi connectivity index (χ2v) is 8.37. The van der Waals surface area contributed by atoms with E-state index in [1.807, 2.05) is 30.5 Å². The summed E-state index contributed by atoms with van der Waals surface area (Å²) in [5.41, 5.74) is 1.35. The Morgan fingerprint density at radius 2 is 1.93 bits per heavy atom. The van der Waals surface area contributed by atoms with Crippen molar-refractivity contribution in [3.05, 3.63) is 30.5 Å². The largest absolute Gasteiger partial charge is 0.345 e. The number of hydrogen-bond acceptors (Lipinski definition) is 3. The summed E-state index contributed by atoms with van der Waals surface area (Å²) in [6, 6.07) is 8.17. The normalized spacial score (nSPS) is 18.8. The van der Waals surface area contributed by atoms with Crippen molar-refractivity contribution in [3.63, 3.8) is 0 Å². The van der Waals surface area contributed by atoms with E-state index in [-0.39, 0.29) is 30.7 Å². The zero-order valence-corrected chi connectivity index (χ0v) is 16.5. The third-order valence-corrected chi connectivity index (χ3v) is 6.21. The number of carbonyl (C=O) groups excluding carboxylic acids is 3. The highest BCUT2D eigenvalue weighted by molar-refractivity contribution is 6.07. The van der Waals surface area contributed by atoms with Gasteiger partial charge in [-0.15, -0.1) is 0 Å². The van der Waals surface area contributed by atoms with Gasteiger partial charge in [0.15, 0.2) is 0 Å². The number of likely N-dealkylation sites (tertiary alicyclic amines) is 1. The highest BCUT2D eigenvalue weighted by Crippen LogP contribution is 2.46. The van der Waals surface area contributed by atoms with Gasteiger partial charge in [0.25, 0.3) is 0 Å². The van der Waals surface area contributed by atoms with Gasteiger partial charge < -0.3 is 9.88 Å². The standard InChI is InChI=1S/C22H27N3O3/c1-15(2)24-12-8-16-17(6-5-7-18(16)24)23-19(26)9-13-25-20(27)14-22(21(25)28)10-3-4-11-22/h5-8,12,15H,3-4,9-11,13-14H2,1-2H3,(H,23,26). The van der Waals surface area contributed by atoms with Crippen molar-refractivity contribution in [1.29, 1.82) is 0 Å². The Morgan fingerprint density at radius 1 is 1.18 bits per heavy atom. The van der Waals surface area contributed by atoms with E-state index < -0.39 is 5.41 Å². The molecule has 1 aliphatic carbocycles. The maximum Gasteiger partial charge on any atom is 0.235 e. The smallest absolute Gasteiger partial charge is 0.235 e. The first-order chi connectivity index (χ1) is 13.4. The second kappa shape index (κ2) is 7.08. The summed E-state index contributed by atoms with van der Waals surface area (Å²) < 4.78 is 2.16. The van der Waals surface area contributed by atoms with Crippen LogP contribution in [0.25, 0.3) is 10.9 Å². The van der Waals surface area contributed by atoms with Gasteiger partial charge in [-0.05, 0) is 44.9 Å². The molecule has 6 heteroatoms. The molecule has 1 aliphatic heterocycles. The number of anilines is 1. The van der Waals surface area contributed by atoms with Crippen LogP contribution in [0.4, 0.5) is 5.69 Å². The van der Waals surface area contributed by atoms with Crippen molar-refractivity contribution in [2.45, 2.75) is 58.4 Å². The SMILES string of the molecule is CC(C)n1ccc2c(NC(=O)CCN3C(=O)CC4(CCCC4)C3=O)cccc21. The van der Waals surface area contributed by atoms with Crippen molar-refractivity contribution in [2.24, 2.45) is 5.41 Å². The van der Waals surface area contributed by atoms with Crippen LogP contribution in [-0.2, 0) is 14.4 Å². The van der Waals surface area contributed by atoms with Gasteiger partial charge in [-0.1, -0.05) is 18.9 Å². The Labute approximate surface area is 164 Å². The predicted molar refractivity (Wildman–Crippen MR) is 108 cm³/mol. The minimum Gasteiger partial charge on any atom is -0.345 e. The number of nitrogens with zero attached hydrogens (tertiary/aromatic N) is 2. The van der Waals surface area contributed by atoms with Crippen molar-refractivity contribution in [2.75, 3.05) is 11.9 Å². The fourth-order valence-corrected chi connectivity index (χ4v) is 4.70. The maximum atomic E-state index is 12.7. The minimum atomic E-state index is -0.473. The van der Waals surface area contributed by atoms with Crippen LogP contribution in [0, 0.1) is 5.41 Å². The van der Waals surface area contributed by atoms with Gasteiger partial charge in [0.2, 0.25) is 17.7 Å². The Hall–Kier alpha value is -2.63. The van der Waals surface area contributed by atoms with E-state index in [0.717, 1.165) is 42.3 Å². The van der Waals surface area contributed by atoms with Crippen molar-refractivity contribution in [1.82, 2.24) is 9.47 Å². The summed E-state index contributed by atoms with van der Waals surface area (Å²) in [4.78, 5) is 38.9. The molecule has 0 atom stereocenters. The first-order valence-corrected chi connectivity index (χ1v) is 10.2. The molecule has 1 spiro atoms. The number of aromatic nitrogens is 1. The summed E-state index contributed by atoms with van der Waals surface area (Å²) in [5, 5.41) is 3.94. The quantitative estimate of drug-likeness (QED) is 0.799. The molecule has 1 saturated carbocycles. The van der Waals surface area contributed by atoms with Crippen molar-refractivity contribution >= 4 is 34.3 Å². The summed E-state index contributed by atoms with van der Waals surface area (Å²) in [5.74, 6) is -0.382. The lowest BCUT2D eigenvalue weighted by molar-refractivity contribution is -0.141. The Bertz CT molecular complexity index is 938. The number of hydrogen-bond donors (Lipinski definition) is 1. The molecule has 0 radical (unpaired) electrons. The van der Waals surface area contributed by atoms with Crippen LogP contribution in [0.5, 0.6) is 0 Å². The average molecular weight is 381 g/mol. The van der Waals surface area contributed by atoms with E-state index in [4.69, 9.17) is 0 Å². The van der Waals surface area contributed by atoms with Crippen molar-refractivity contribution < 1.29 is 14.4 Å². The molecular weight excluding hydrogens is 354 g/mol. The molecule has 2 fully saturated rings. The first-order valence-electron chi connectivity index (χ1n) is 10.2. The molecule has 28 heavy (non-hydrogen) atoms. The van der Waals surface area contributed by atoms with Crippen LogP contribution >= 0.6 is 0 Å². The monoisotopic (exact) mass is 381 g/mol. The lowest BCUT2D eigenvalue weighted by atomic mass is 9.84. The van der Waals surface area contributed by atoms with Crippen LogP contribution in [0.3, 0.4) is 0 Å². The van der Waals surface area contributed by atoms with Crippen molar-refractivity contribution in [3.8, 4) is 0 Å². The van der Waals surface area contributed by atoms with Gasteiger partial charge in [-0.25, -0.2) is 0 Å². The van der Waals surface area contributed by atoms with Gasteiger partial charge in [-0.3, -0.25) is 19.3 Å². The molecule has 148 valence electrons.